The lowest BCUT2D eigenvalue weighted by Crippen LogP contribution is -2.37. The second kappa shape index (κ2) is 7.32. The van der Waals surface area contributed by atoms with Crippen molar-refractivity contribution in [2.75, 3.05) is 0 Å². The molecular formula is C16H21N5O2. The molecule has 7 heteroatoms. The monoisotopic (exact) mass is 315 g/mol. The number of carbonyl (C=O) groups is 1. The highest BCUT2D eigenvalue weighted by atomic mass is 16.5. The molecule has 0 bridgehead atoms. The van der Waals surface area contributed by atoms with E-state index in [9.17, 15) is 4.79 Å². The summed E-state index contributed by atoms with van der Waals surface area (Å²) in [5.74, 6) is 0.712. The van der Waals surface area contributed by atoms with Crippen LogP contribution in [0.4, 0.5) is 0 Å². The Morgan fingerprint density at radius 1 is 1.35 bits per heavy atom. The van der Waals surface area contributed by atoms with Crippen molar-refractivity contribution in [1.82, 2.24) is 20.4 Å². The van der Waals surface area contributed by atoms with Crippen LogP contribution in [0.1, 0.15) is 43.6 Å². The van der Waals surface area contributed by atoms with Crippen LogP contribution in [0.25, 0.3) is 11.5 Å². The van der Waals surface area contributed by atoms with E-state index in [1.165, 1.54) is 19.3 Å². The van der Waals surface area contributed by atoms with E-state index in [-0.39, 0.29) is 18.4 Å². The Labute approximate surface area is 134 Å². The molecule has 0 radical (unpaired) electrons. The number of rotatable bonds is 5. The molecule has 0 unspecified atom stereocenters. The molecule has 1 amide bonds. The topological polar surface area (TPSA) is 107 Å². The molecule has 2 aromatic heterocycles. The first-order valence-corrected chi connectivity index (χ1v) is 8.02. The van der Waals surface area contributed by atoms with Gasteiger partial charge in [0, 0.05) is 24.3 Å². The highest BCUT2D eigenvalue weighted by Gasteiger charge is 2.18. The van der Waals surface area contributed by atoms with Crippen LogP contribution in [-0.2, 0) is 17.8 Å². The second-order valence-corrected chi connectivity index (χ2v) is 5.83. The lowest BCUT2D eigenvalue weighted by Gasteiger charge is -2.22. The predicted molar refractivity (Wildman–Crippen MR) is 84.1 cm³/mol. The molecule has 0 saturated heterocycles. The Morgan fingerprint density at radius 3 is 2.96 bits per heavy atom. The van der Waals surface area contributed by atoms with Gasteiger partial charge < -0.3 is 15.6 Å². The van der Waals surface area contributed by atoms with Gasteiger partial charge in [0.05, 0.1) is 12.1 Å². The fourth-order valence-electron chi connectivity index (χ4n) is 2.84. The lowest BCUT2D eigenvalue weighted by molar-refractivity contribution is -0.121. The van der Waals surface area contributed by atoms with Gasteiger partial charge in [-0.05, 0) is 25.0 Å². The molecular weight excluding hydrogens is 294 g/mol. The van der Waals surface area contributed by atoms with Gasteiger partial charge in [-0.1, -0.05) is 24.4 Å². The molecule has 2 heterocycles. The van der Waals surface area contributed by atoms with Crippen LogP contribution in [0.5, 0.6) is 0 Å². The van der Waals surface area contributed by atoms with Gasteiger partial charge in [0.1, 0.15) is 0 Å². The second-order valence-electron chi connectivity index (χ2n) is 5.83. The third kappa shape index (κ3) is 4.13. The SMILES string of the molecule is NCc1cc(-c2nc(CC(=O)NC3CCCCC3)no2)ccn1. The molecule has 23 heavy (non-hydrogen) atoms. The van der Waals surface area contributed by atoms with Crippen LogP contribution < -0.4 is 11.1 Å². The smallest absolute Gasteiger partial charge is 0.258 e. The molecule has 122 valence electrons. The van der Waals surface area contributed by atoms with Gasteiger partial charge >= 0.3 is 0 Å². The quantitative estimate of drug-likeness (QED) is 0.867. The maximum Gasteiger partial charge on any atom is 0.258 e. The van der Waals surface area contributed by atoms with E-state index in [0.717, 1.165) is 24.1 Å². The molecule has 1 saturated carbocycles. The zero-order valence-corrected chi connectivity index (χ0v) is 13.0. The van der Waals surface area contributed by atoms with Gasteiger partial charge in [-0.3, -0.25) is 9.78 Å². The summed E-state index contributed by atoms with van der Waals surface area (Å²) in [7, 11) is 0. The predicted octanol–water partition coefficient (Wildman–Crippen LogP) is 1.58. The van der Waals surface area contributed by atoms with E-state index in [2.05, 4.69) is 20.4 Å². The minimum absolute atomic E-state index is 0.0541. The van der Waals surface area contributed by atoms with Gasteiger partial charge in [0.25, 0.3) is 5.89 Å². The highest BCUT2D eigenvalue weighted by Crippen LogP contribution is 2.19. The van der Waals surface area contributed by atoms with Crippen molar-refractivity contribution in [2.45, 2.75) is 51.1 Å². The molecule has 0 aliphatic heterocycles. The highest BCUT2D eigenvalue weighted by molar-refractivity contribution is 5.78. The largest absolute Gasteiger partial charge is 0.353 e. The summed E-state index contributed by atoms with van der Waals surface area (Å²) in [5.41, 5.74) is 7.08. The number of hydrogen-bond donors (Lipinski definition) is 2. The van der Waals surface area contributed by atoms with Gasteiger partial charge in [-0.25, -0.2) is 0 Å². The summed E-state index contributed by atoms with van der Waals surface area (Å²) in [6, 6.07) is 3.87. The third-order valence-electron chi connectivity index (χ3n) is 4.03. The Bertz CT molecular complexity index is 664. The zero-order chi connectivity index (χ0) is 16.1. The fourth-order valence-corrected chi connectivity index (χ4v) is 2.84. The Kier molecular flexibility index (Phi) is 4.97. The van der Waals surface area contributed by atoms with Gasteiger partial charge in [-0.2, -0.15) is 4.98 Å². The van der Waals surface area contributed by atoms with Crippen molar-refractivity contribution in [3.05, 3.63) is 29.8 Å². The van der Waals surface area contributed by atoms with E-state index in [1.54, 1.807) is 18.3 Å². The van der Waals surface area contributed by atoms with Gasteiger partial charge in [-0.15, -0.1) is 0 Å². The van der Waals surface area contributed by atoms with Crippen LogP contribution in [0.15, 0.2) is 22.9 Å². The number of carbonyl (C=O) groups excluding carboxylic acids is 1. The summed E-state index contributed by atoms with van der Waals surface area (Å²) >= 11 is 0. The summed E-state index contributed by atoms with van der Waals surface area (Å²) in [5, 5.41) is 6.93. The van der Waals surface area contributed by atoms with Crippen LogP contribution in [0.3, 0.4) is 0 Å². The minimum Gasteiger partial charge on any atom is -0.353 e. The van der Waals surface area contributed by atoms with Crippen molar-refractivity contribution in [3.8, 4) is 11.5 Å². The number of amides is 1. The third-order valence-corrected chi connectivity index (χ3v) is 4.03. The first-order valence-electron chi connectivity index (χ1n) is 8.02. The molecule has 3 rings (SSSR count). The number of nitrogens with zero attached hydrogens (tertiary/aromatic N) is 3. The Balaban J connectivity index is 1.61. The van der Waals surface area contributed by atoms with Crippen molar-refractivity contribution in [3.63, 3.8) is 0 Å². The summed E-state index contributed by atoms with van der Waals surface area (Å²) in [6.07, 6.45) is 7.53. The van der Waals surface area contributed by atoms with Gasteiger partial charge in [0.15, 0.2) is 5.82 Å². The first-order chi connectivity index (χ1) is 11.2. The van der Waals surface area contributed by atoms with Crippen molar-refractivity contribution in [1.29, 1.82) is 0 Å². The maximum absolute atomic E-state index is 12.1. The Hall–Kier alpha value is -2.28. The number of pyridine rings is 1. The van der Waals surface area contributed by atoms with Crippen molar-refractivity contribution < 1.29 is 9.32 Å². The lowest BCUT2D eigenvalue weighted by atomic mass is 9.95. The minimum atomic E-state index is -0.0541. The fraction of sp³-hybridized carbons (Fsp3) is 0.500. The molecule has 0 spiro atoms. The molecule has 1 aliphatic rings. The van der Waals surface area contributed by atoms with Gasteiger partial charge in [0.2, 0.25) is 5.91 Å². The molecule has 1 fully saturated rings. The van der Waals surface area contributed by atoms with E-state index in [1.807, 2.05) is 0 Å². The zero-order valence-electron chi connectivity index (χ0n) is 13.0. The number of hydrogen-bond acceptors (Lipinski definition) is 6. The molecule has 7 nitrogen and oxygen atoms in total. The molecule has 1 aliphatic carbocycles. The summed E-state index contributed by atoms with van der Waals surface area (Å²) in [4.78, 5) is 20.5. The average Bonchev–Trinajstić information content (AvgIpc) is 3.04. The van der Waals surface area contributed by atoms with Crippen molar-refractivity contribution >= 4 is 5.91 Å². The van der Waals surface area contributed by atoms with E-state index in [0.29, 0.717) is 18.3 Å². The van der Waals surface area contributed by atoms with Crippen LogP contribution >= 0.6 is 0 Å². The Morgan fingerprint density at radius 2 is 2.17 bits per heavy atom. The van der Waals surface area contributed by atoms with E-state index >= 15 is 0 Å². The van der Waals surface area contributed by atoms with E-state index in [4.69, 9.17) is 10.3 Å². The molecule has 0 atom stereocenters. The van der Waals surface area contributed by atoms with Crippen LogP contribution in [0.2, 0.25) is 0 Å². The average molecular weight is 315 g/mol. The summed E-state index contributed by atoms with van der Waals surface area (Å²) < 4.78 is 5.23. The molecule has 3 N–H and O–H groups in total. The number of nitrogens with one attached hydrogen (secondary N) is 1. The first kappa shape index (κ1) is 15.6. The number of aromatic nitrogens is 3. The van der Waals surface area contributed by atoms with Crippen LogP contribution in [0, 0.1) is 0 Å². The van der Waals surface area contributed by atoms with Crippen LogP contribution in [-0.4, -0.2) is 27.1 Å². The van der Waals surface area contributed by atoms with Crippen molar-refractivity contribution in [2.24, 2.45) is 5.73 Å². The van der Waals surface area contributed by atoms with E-state index < -0.39 is 0 Å². The normalized spacial score (nSPS) is 15.5. The maximum atomic E-state index is 12.1. The molecule has 0 aromatic carbocycles. The molecule has 2 aromatic rings. The standard InChI is InChI=1S/C16H21N5O2/c17-10-13-8-11(6-7-18-13)16-20-14(21-23-16)9-15(22)19-12-4-2-1-3-5-12/h6-8,12H,1-5,9-10,17H2,(H,19,22). The summed E-state index contributed by atoms with van der Waals surface area (Å²) in [6.45, 7) is 0.346. The number of nitrogens with two attached hydrogens (primary N) is 1.